The topological polar surface area (TPSA) is 108 Å². The molecular formula is C37H65N5O5S2Si3. The number of nitrogens with zero attached hydrogens (tertiary/aromatic N) is 5. The maximum atomic E-state index is 14.1. The van der Waals surface area contributed by atoms with Crippen molar-refractivity contribution >= 4 is 57.1 Å². The molecule has 3 aromatic rings. The van der Waals surface area contributed by atoms with E-state index in [1.807, 2.05) is 17.3 Å². The minimum atomic E-state index is -3.74. The van der Waals surface area contributed by atoms with Crippen molar-refractivity contribution in [1.82, 2.24) is 19.6 Å². The average Bonchev–Trinajstić information content (AvgIpc) is 3.74. The van der Waals surface area contributed by atoms with Gasteiger partial charge in [0.25, 0.3) is 0 Å². The molecule has 2 bridgehead atoms. The van der Waals surface area contributed by atoms with Gasteiger partial charge in [0, 0.05) is 47.7 Å². The summed E-state index contributed by atoms with van der Waals surface area (Å²) in [7, 11) is -8.40. The van der Waals surface area contributed by atoms with Gasteiger partial charge in [-0.05, 0) is 61.3 Å². The van der Waals surface area contributed by atoms with Gasteiger partial charge in [-0.1, -0.05) is 72.9 Å². The highest BCUT2D eigenvalue weighted by molar-refractivity contribution is 7.91. The van der Waals surface area contributed by atoms with Gasteiger partial charge in [0.05, 0.1) is 28.9 Å². The first-order valence-electron chi connectivity index (χ1n) is 19.1. The van der Waals surface area contributed by atoms with Crippen molar-refractivity contribution in [2.75, 3.05) is 37.8 Å². The molecule has 0 spiro atoms. The summed E-state index contributed by atoms with van der Waals surface area (Å²) in [4.78, 5) is 13.2. The minimum Gasteiger partial charge on any atom is -0.410 e. The minimum absolute atomic E-state index is 0.0555. The summed E-state index contributed by atoms with van der Waals surface area (Å²) in [5.74, 6) is 1.76. The van der Waals surface area contributed by atoms with E-state index in [1.54, 1.807) is 15.9 Å². The highest BCUT2D eigenvalue weighted by atomic mass is 32.2. The lowest BCUT2D eigenvalue weighted by Crippen LogP contribution is -2.40. The Balaban J connectivity index is 1.62. The van der Waals surface area contributed by atoms with Crippen molar-refractivity contribution in [3.63, 3.8) is 0 Å². The summed E-state index contributed by atoms with van der Waals surface area (Å²) in [6.07, 6.45) is 10.6. The number of anilines is 1. The molecule has 2 fully saturated rings. The van der Waals surface area contributed by atoms with Crippen LogP contribution >= 0.6 is 11.3 Å². The standard InChI is InChI=1S/C37H65N5O5S2Si3/c1-37(2,3)52(11,12)47-24-32-38-23-31(48-32)30-22-39-42-35(30)40-33(29-20-27-13-14-28(19-27)21-29)34(49(4,43)44)36(42)41(25-45-15-17-50(5,6)7)26-46-16-18-51(8,9)10/h22-23,27-29H,13-21,24-26H2,1-12H3/t27-,28+,29?. The third kappa shape index (κ3) is 10.4. The fourth-order valence-electron chi connectivity index (χ4n) is 7.02. The van der Waals surface area contributed by atoms with E-state index in [0.717, 1.165) is 40.4 Å². The van der Waals surface area contributed by atoms with Crippen LogP contribution in [0.5, 0.6) is 0 Å². The molecule has 1 unspecified atom stereocenters. The molecule has 292 valence electrons. The maximum absolute atomic E-state index is 14.1. The number of hydrogen-bond donors (Lipinski definition) is 0. The third-order valence-corrected chi connectivity index (χ3v) is 21.2. The van der Waals surface area contributed by atoms with Crippen LogP contribution in [0.3, 0.4) is 0 Å². The second kappa shape index (κ2) is 15.9. The Labute approximate surface area is 320 Å². The van der Waals surface area contributed by atoms with Gasteiger partial charge in [-0.2, -0.15) is 9.61 Å². The molecule has 10 nitrogen and oxygen atoms in total. The quantitative estimate of drug-likeness (QED) is 0.0749. The van der Waals surface area contributed by atoms with E-state index in [9.17, 15) is 8.42 Å². The van der Waals surface area contributed by atoms with Crippen LogP contribution in [-0.4, -0.2) is 85.4 Å². The first-order valence-corrected chi connectivity index (χ1v) is 32.2. The Morgan fingerprint density at radius 3 is 2.00 bits per heavy atom. The summed E-state index contributed by atoms with van der Waals surface area (Å²) >= 11 is 1.59. The largest absolute Gasteiger partial charge is 0.410 e. The van der Waals surface area contributed by atoms with E-state index in [2.05, 4.69) is 73.1 Å². The molecule has 3 atom stereocenters. The monoisotopic (exact) mass is 807 g/mol. The molecule has 52 heavy (non-hydrogen) atoms. The molecule has 0 N–H and O–H groups in total. The lowest BCUT2D eigenvalue weighted by atomic mass is 9.79. The second-order valence-electron chi connectivity index (χ2n) is 19.3. The summed E-state index contributed by atoms with van der Waals surface area (Å²) < 4.78 is 49.1. The number of rotatable bonds is 17. The number of fused-ring (bicyclic) bond motifs is 3. The molecule has 5 rings (SSSR count). The Kier molecular flexibility index (Phi) is 12.8. The Bertz CT molecular complexity index is 1760. The zero-order valence-corrected chi connectivity index (χ0v) is 38.6. The van der Waals surface area contributed by atoms with Crippen LogP contribution in [0.25, 0.3) is 16.1 Å². The van der Waals surface area contributed by atoms with Gasteiger partial charge < -0.3 is 18.8 Å². The first-order chi connectivity index (χ1) is 24.0. The number of sulfone groups is 1. The summed E-state index contributed by atoms with van der Waals surface area (Å²) in [6.45, 7) is 27.3. The van der Waals surface area contributed by atoms with Crippen molar-refractivity contribution in [2.45, 2.75) is 140 Å². The molecule has 0 saturated heterocycles. The van der Waals surface area contributed by atoms with Crippen LogP contribution in [0.15, 0.2) is 17.3 Å². The number of hydrogen-bond acceptors (Lipinski definition) is 10. The molecule has 3 heterocycles. The Morgan fingerprint density at radius 2 is 1.48 bits per heavy atom. The molecule has 2 aliphatic carbocycles. The van der Waals surface area contributed by atoms with E-state index < -0.39 is 34.3 Å². The van der Waals surface area contributed by atoms with Crippen molar-refractivity contribution in [3.05, 3.63) is 23.1 Å². The number of thiazole rings is 1. The molecule has 15 heteroatoms. The summed E-state index contributed by atoms with van der Waals surface area (Å²) in [5, 5.41) is 5.89. The first kappa shape index (κ1) is 41.7. The Morgan fingerprint density at radius 1 is 0.904 bits per heavy atom. The lowest BCUT2D eigenvalue weighted by Gasteiger charge is -2.35. The predicted molar refractivity (Wildman–Crippen MR) is 222 cm³/mol. The van der Waals surface area contributed by atoms with Gasteiger partial charge in [-0.25, -0.2) is 18.4 Å². The van der Waals surface area contributed by atoms with Gasteiger partial charge in [0.2, 0.25) is 0 Å². The van der Waals surface area contributed by atoms with Crippen molar-refractivity contribution in [3.8, 4) is 10.4 Å². The number of aromatic nitrogens is 4. The van der Waals surface area contributed by atoms with Crippen molar-refractivity contribution < 1.29 is 22.3 Å². The zero-order chi connectivity index (χ0) is 38.3. The lowest BCUT2D eigenvalue weighted by molar-refractivity contribution is 0.0937. The highest BCUT2D eigenvalue weighted by Crippen LogP contribution is 2.50. The van der Waals surface area contributed by atoms with Crippen LogP contribution in [0.2, 0.25) is 69.5 Å². The van der Waals surface area contributed by atoms with E-state index in [4.69, 9.17) is 29.0 Å². The van der Waals surface area contributed by atoms with Gasteiger partial charge >= 0.3 is 0 Å². The maximum Gasteiger partial charge on any atom is 0.192 e. The van der Waals surface area contributed by atoms with E-state index in [0.29, 0.717) is 48.8 Å². The van der Waals surface area contributed by atoms with Crippen LogP contribution in [0.1, 0.15) is 69.5 Å². The molecule has 2 saturated carbocycles. The molecular weight excluding hydrogens is 743 g/mol. The predicted octanol–water partition coefficient (Wildman–Crippen LogP) is 9.50. The second-order valence-corrected chi connectivity index (χ2v) is 38.5. The number of ether oxygens (including phenoxy) is 2. The smallest absolute Gasteiger partial charge is 0.192 e. The summed E-state index contributed by atoms with van der Waals surface area (Å²) in [6, 6.07) is 2.02. The Hall–Kier alpha value is -1.47. The van der Waals surface area contributed by atoms with E-state index in [1.165, 1.54) is 25.5 Å². The third-order valence-electron chi connectivity index (χ3n) is 11.2. The van der Waals surface area contributed by atoms with Crippen molar-refractivity contribution in [1.29, 1.82) is 0 Å². The van der Waals surface area contributed by atoms with Crippen LogP contribution in [0.4, 0.5) is 5.82 Å². The SMILES string of the molecule is CC(C)(C)[Si](C)(C)OCc1ncc(-c2cnn3c(N(COCC[Si](C)(C)C)COCC[Si](C)(C)C)c(S(C)(=O)=O)c(C4C[C@H]5CC[C@@H](C4)C5)nc23)s1. The summed E-state index contributed by atoms with van der Waals surface area (Å²) in [5.41, 5.74) is 2.16. The molecule has 0 amide bonds. The molecule has 0 aromatic carbocycles. The average molecular weight is 808 g/mol. The highest BCUT2D eigenvalue weighted by Gasteiger charge is 2.40. The fourth-order valence-corrected chi connectivity index (χ4v) is 11.5. The normalized spacial score (nSPS) is 20.3. The molecule has 3 aromatic heterocycles. The van der Waals surface area contributed by atoms with E-state index in [-0.39, 0.29) is 29.3 Å². The van der Waals surface area contributed by atoms with Gasteiger partial charge in [-0.15, -0.1) is 11.3 Å². The van der Waals surface area contributed by atoms with E-state index >= 15 is 0 Å². The van der Waals surface area contributed by atoms with Gasteiger partial charge in [-0.3, -0.25) is 0 Å². The van der Waals surface area contributed by atoms with Gasteiger partial charge in [0.1, 0.15) is 23.4 Å². The van der Waals surface area contributed by atoms with Crippen LogP contribution in [-0.2, 0) is 30.3 Å². The van der Waals surface area contributed by atoms with Gasteiger partial charge in [0.15, 0.2) is 29.6 Å². The van der Waals surface area contributed by atoms with Crippen LogP contribution < -0.4 is 4.90 Å². The van der Waals surface area contributed by atoms with Crippen molar-refractivity contribution in [2.24, 2.45) is 11.8 Å². The fraction of sp³-hybridized carbons (Fsp3) is 0.757. The molecule has 0 aliphatic heterocycles. The molecule has 0 radical (unpaired) electrons. The molecule has 2 aliphatic rings. The zero-order valence-electron chi connectivity index (χ0n) is 34.0. The van der Waals surface area contributed by atoms with Crippen LogP contribution in [0, 0.1) is 11.8 Å².